The molecule has 1 atom stereocenters. The molecule has 0 aliphatic carbocycles. The molecule has 4 nitrogen and oxygen atoms in total. The highest BCUT2D eigenvalue weighted by Gasteiger charge is 2.16. The van der Waals surface area contributed by atoms with Crippen LogP contribution >= 0.6 is 0 Å². The highest BCUT2D eigenvalue weighted by Crippen LogP contribution is 2.10. The molecule has 1 aromatic rings. The number of rotatable bonds is 5. The van der Waals surface area contributed by atoms with E-state index in [-0.39, 0.29) is 18.5 Å². The van der Waals surface area contributed by atoms with Gasteiger partial charge in [-0.2, -0.15) is 0 Å². The first-order chi connectivity index (χ1) is 8.40. The van der Waals surface area contributed by atoms with E-state index in [1.165, 1.54) is 6.92 Å². The quantitative estimate of drug-likeness (QED) is 0.843. The van der Waals surface area contributed by atoms with E-state index in [0.717, 1.165) is 18.2 Å². The van der Waals surface area contributed by atoms with E-state index in [2.05, 4.69) is 5.32 Å². The Balaban J connectivity index is 2.57. The van der Waals surface area contributed by atoms with Gasteiger partial charge in [0.15, 0.2) is 0 Å². The average molecular weight is 257 g/mol. The number of carboxylic acid groups (broad SMARTS) is 1. The first kappa shape index (κ1) is 14.1. The minimum atomic E-state index is -1.09. The lowest BCUT2D eigenvalue weighted by atomic mass is 10.1. The monoisotopic (exact) mass is 257 g/mol. The summed E-state index contributed by atoms with van der Waals surface area (Å²) in [6.07, 6.45) is -0.308. The second-order valence-electron chi connectivity index (χ2n) is 3.95. The molecule has 0 saturated carbocycles. The number of hydrogen-bond donors (Lipinski definition) is 2. The molecule has 18 heavy (non-hydrogen) atoms. The van der Waals surface area contributed by atoms with Crippen molar-refractivity contribution in [2.45, 2.75) is 19.9 Å². The molecule has 2 N–H and O–H groups in total. The zero-order valence-corrected chi connectivity index (χ0v) is 9.74. The summed E-state index contributed by atoms with van der Waals surface area (Å²) in [4.78, 5) is 21.9. The summed E-state index contributed by atoms with van der Waals surface area (Å²) in [7, 11) is 0. The molecular weight excluding hydrogens is 244 g/mol. The Labute approximate surface area is 103 Å². The van der Waals surface area contributed by atoms with Gasteiger partial charge in [0, 0.05) is 18.0 Å². The van der Waals surface area contributed by atoms with Gasteiger partial charge in [0.2, 0.25) is 5.91 Å². The van der Waals surface area contributed by atoms with Gasteiger partial charge in [-0.05, 0) is 18.2 Å². The normalized spacial score (nSPS) is 11.9. The van der Waals surface area contributed by atoms with Gasteiger partial charge in [-0.3, -0.25) is 9.59 Å². The van der Waals surface area contributed by atoms with E-state index in [4.69, 9.17) is 5.11 Å². The molecule has 0 fully saturated rings. The van der Waals surface area contributed by atoms with Crippen molar-refractivity contribution in [2.24, 2.45) is 5.92 Å². The Morgan fingerprint density at radius 1 is 1.39 bits per heavy atom. The zero-order valence-electron chi connectivity index (χ0n) is 9.74. The van der Waals surface area contributed by atoms with Crippen LogP contribution in [-0.4, -0.2) is 17.0 Å². The highest BCUT2D eigenvalue weighted by molar-refractivity contribution is 5.82. The summed E-state index contributed by atoms with van der Waals surface area (Å²) in [6, 6.07) is 2.93. The van der Waals surface area contributed by atoms with Crippen LogP contribution in [0.25, 0.3) is 0 Å². The molecular formula is C12H13F2NO3. The van der Waals surface area contributed by atoms with E-state index in [1.807, 2.05) is 0 Å². The van der Waals surface area contributed by atoms with Gasteiger partial charge in [-0.15, -0.1) is 0 Å². The van der Waals surface area contributed by atoms with Crippen LogP contribution in [0.1, 0.15) is 18.9 Å². The Morgan fingerprint density at radius 3 is 2.67 bits per heavy atom. The fourth-order valence-electron chi connectivity index (χ4n) is 1.39. The molecule has 6 heteroatoms. The first-order valence-corrected chi connectivity index (χ1v) is 5.33. The fourth-order valence-corrected chi connectivity index (χ4v) is 1.39. The van der Waals surface area contributed by atoms with E-state index in [9.17, 15) is 18.4 Å². The largest absolute Gasteiger partial charge is 0.481 e. The van der Waals surface area contributed by atoms with Crippen molar-refractivity contribution in [3.05, 3.63) is 35.4 Å². The molecule has 0 aromatic heterocycles. The van der Waals surface area contributed by atoms with E-state index >= 15 is 0 Å². The van der Waals surface area contributed by atoms with Crippen LogP contribution in [0.15, 0.2) is 18.2 Å². The number of aliphatic carboxylic acids is 1. The number of hydrogen-bond acceptors (Lipinski definition) is 2. The van der Waals surface area contributed by atoms with E-state index in [1.54, 1.807) is 0 Å². The number of amides is 1. The lowest BCUT2D eigenvalue weighted by Crippen LogP contribution is -2.30. The van der Waals surface area contributed by atoms with Crippen LogP contribution in [0.2, 0.25) is 0 Å². The second-order valence-corrected chi connectivity index (χ2v) is 3.95. The molecule has 0 heterocycles. The third-order valence-electron chi connectivity index (χ3n) is 2.39. The second kappa shape index (κ2) is 6.09. The summed E-state index contributed by atoms with van der Waals surface area (Å²) in [5.74, 6) is -3.54. The van der Waals surface area contributed by atoms with Crippen molar-refractivity contribution in [3.8, 4) is 0 Å². The zero-order chi connectivity index (χ0) is 13.7. The Hall–Kier alpha value is -1.98. The molecule has 1 unspecified atom stereocenters. The summed E-state index contributed by atoms with van der Waals surface area (Å²) in [6.45, 7) is 1.28. The number of carbonyl (C=O) groups is 2. The van der Waals surface area contributed by atoms with Crippen molar-refractivity contribution in [2.75, 3.05) is 0 Å². The van der Waals surface area contributed by atoms with Gasteiger partial charge in [0.05, 0.1) is 6.42 Å². The molecule has 0 radical (unpaired) electrons. The Kier molecular flexibility index (Phi) is 4.76. The van der Waals surface area contributed by atoms with Crippen molar-refractivity contribution in [1.29, 1.82) is 0 Å². The van der Waals surface area contributed by atoms with E-state index in [0.29, 0.717) is 0 Å². The van der Waals surface area contributed by atoms with Crippen LogP contribution in [0.4, 0.5) is 8.78 Å². The van der Waals surface area contributed by atoms with Crippen LogP contribution in [0, 0.1) is 17.6 Å². The fraction of sp³-hybridized carbons (Fsp3) is 0.333. The summed E-state index contributed by atoms with van der Waals surface area (Å²) < 4.78 is 26.1. The van der Waals surface area contributed by atoms with Crippen molar-refractivity contribution in [1.82, 2.24) is 5.32 Å². The maximum Gasteiger partial charge on any atom is 0.304 e. The average Bonchev–Trinajstić information content (AvgIpc) is 2.29. The maximum absolute atomic E-state index is 13.2. The van der Waals surface area contributed by atoms with Gasteiger partial charge < -0.3 is 10.4 Å². The van der Waals surface area contributed by atoms with Gasteiger partial charge in [-0.1, -0.05) is 6.92 Å². The number of halogens is 2. The smallest absolute Gasteiger partial charge is 0.304 e. The lowest BCUT2D eigenvalue weighted by molar-refractivity contribution is -0.140. The summed E-state index contributed by atoms with van der Waals surface area (Å²) >= 11 is 0. The third kappa shape index (κ3) is 4.12. The molecule has 0 spiro atoms. The minimum absolute atomic E-state index is 0.0193. The van der Waals surface area contributed by atoms with Crippen LogP contribution in [-0.2, 0) is 16.1 Å². The van der Waals surface area contributed by atoms with Crippen LogP contribution < -0.4 is 5.32 Å². The predicted octanol–water partition coefficient (Wildman–Crippen LogP) is 1.69. The standard InChI is InChI=1S/C12H13F2NO3/c1-7(4-11(16)17)12(18)15-6-8-5-9(13)2-3-10(8)14/h2-3,5,7H,4,6H2,1H3,(H,15,18)(H,16,17). The SMILES string of the molecule is CC(CC(=O)O)C(=O)NCc1cc(F)ccc1F. The molecule has 0 aliphatic heterocycles. The Bertz CT molecular complexity index is 463. The first-order valence-electron chi connectivity index (χ1n) is 5.33. The van der Waals surface area contributed by atoms with Crippen molar-refractivity contribution >= 4 is 11.9 Å². The van der Waals surface area contributed by atoms with Gasteiger partial charge in [-0.25, -0.2) is 8.78 Å². The molecule has 1 amide bonds. The van der Waals surface area contributed by atoms with Gasteiger partial charge in [0.1, 0.15) is 11.6 Å². The topological polar surface area (TPSA) is 66.4 Å². The third-order valence-corrected chi connectivity index (χ3v) is 2.39. The molecule has 0 bridgehead atoms. The molecule has 0 aliphatic rings. The van der Waals surface area contributed by atoms with Crippen LogP contribution in [0.5, 0.6) is 0 Å². The minimum Gasteiger partial charge on any atom is -0.481 e. The highest BCUT2D eigenvalue weighted by atomic mass is 19.1. The van der Waals surface area contributed by atoms with Gasteiger partial charge >= 0.3 is 5.97 Å². The summed E-state index contributed by atoms with van der Waals surface area (Å²) in [5, 5.41) is 10.9. The van der Waals surface area contributed by atoms with Crippen molar-refractivity contribution < 1.29 is 23.5 Å². The van der Waals surface area contributed by atoms with E-state index < -0.39 is 29.4 Å². The molecule has 1 rings (SSSR count). The summed E-state index contributed by atoms with van der Waals surface area (Å²) in [5.41, 5.74) is 0.0193. The lowest BCUT2D eigenvalue weighted by Gasteiger charge is -2.10. The maximum atomic E-state index is 13.2. The van der Waals surface area contributed by atoms with Crippen molar-refractivity contribution in [3.63, 3.8) is 0 Å². The van der Waals surface area contributed by atoms with Crippen LogP contribution in [0.3, 0.4) is 0 Å². The Morgan fingerprint density at radius 2 is 2.06 bits per heavy atom. The molecule has 0 saturated heterocycles. The van der Waals surface area contributed by atoms with Gasteiger partial charge in [0.25, 0.3) is 0 Å². The molecule has 1 aromatic carbocycles. The number of benzene rings is 1. The molecule has 98 valence electrons. The number of carboxylic acids is 1. The predicted molar refractivity (Wildman–Crippen MR) is 59.6 cm³/mol. The number of nitrogens with one attached hydrogen (secondary N) is 1. The number of carbonyl (C=O) groups excluding carboxylic acids is 1.